The van der Waals surface area contributed by atoms with Gasteiger partial charge in [-0.15, -0.1) is 0 Å². The van der Waals surface area contributed by atoms with Gasteiger partial charge in [0.1, 0.15) is 5.82 Å². The standard InChI is InChI=1S/C16H17FN4O2/c17-13-7-2-1-6-12(13)14(21-16(18)23)9-15(22)20-10-11-5-3-4-8-19-11/h1-8,14H,9-10H2,(H,20,22)(H3,18,21,23)/t14-/m1/s1. The minimum absolute atomic E-state index is 0.128. The van der Waals surface area contributed by atoms with E-state index >= 15 is 0 Å². The summed E-state index contributed by atoms with van der Waals surface area (Å²) in [5, 5.41) is 5.06. The molecule has 2 rings (SSSR count). The molecule has 23 heavy (non-hydrogen) atoms. The summed E-state index contributed by atoms with van der Waals surface area (Å²) in [4.78, 5) is 27.2. The molecule has 0 aliphatic heterocycles. The van der Waals surface area contributed by atoms with E-state index in [-0.39, 0.29) is 24.4 Å². The number of halogens is 1. The van der Waals surface area contributed by atoms with Gasteiger partial charge in [-0.1, -0.05) is 24.3 Å². The van der Waals surface area contributed by atoms with Crippen molar-refractivity contribution in [2.75, 3.05) is 0 Å². The van der Waals surface area contributed by atoms with Gasteiger partial charge < -0.3 is 16.4 Å². The van der Waals surface area contributed by atoms with Crippen molar-refractivity contribution < 1.29 is 14.0 Å². The van der Waals surface area contributed by atoms with Crippen molar-refractivity contribution in [3.8, 4) is 0 Å². The fraction of sp³-hybridized carbons (Fsp3) is 0.188. The highest BCUT2D eigenvalue weighted by Crippen LogP contribution is 2.20. The third-order valence-electron chi connectivity index (χ3n) is 3.18. The summed E-state index contributed by atoms with van der Waals surface area (Å²) in [6.07, 6.45) is 1.50. The molecule has 1 aromatic heterocycles. The van der Waals surface area contributed by atoms with E-state index in [9.17, 15) is 14.0 Å². The Labute approximate surface area is 132 Å². The van der Waals surface area contributed by atoms with E-state index < -0.39 is 17.9 Å². The molecule has 0 fully saturated rings. The lowest BCUT2D eigenvalue weighted by molar-refractivity contribution is -0.121. The third-order valence-corrected chi connectivity index (χ3v) is 3.18. The second kappa shape index (κ2) is 7.88. The number of rotatable bonds is 6. The molecule has 1 heterocycles. The number of primary amides is 1. The maximum absolute atomic E-state index is 13.9. The first kappa shape index (κ1) is 16.4. The largest absolute Gasteiger partial charge is 0.352 e. The summed E-state index contributed by atoms with van der Waals surface area (Å²) < 4.78 is 13.9. The molecular formula is C16H17FN4O2. The van der Waals surface area contributed by atoms with Gasteiger partial charge in [0, 0.05) is 11.8 Å². The van der Waals surface area contributed by atoms with Crippen LogP contribution in [0.5, 0.6) is 0 Å². The van der Waals surface area contributed by atoms with Gasteiger partial charge in [-0.25, -0.2) is 9.18 Å². The molecule has 0 bridgehead atoms. The first-order valence-corrected chi connectivity index (χ1v) is 7.03. The van der Waals surface area contributed by atoms with Gasteiger partial charge >= 0.3 is 6.03 Å². The van der Waals surface area contributed by atoms with E-state index in [2.05, 4.69) is 15.6 Å². The molecule has 0 radical (unpaired) electrons. The molecule has 0 unspecified atom stereocenters. The lowest BCUT2D eigenvalue weighted by atomic mass is 10.0. The lowest BCUT2D eigenvalue weighted by Gasteiger charge is -2.18. The number of pyridine rings is 1. The Kier molecular flexibility index (Phi) is 5.62. The molecule has 2 aromatic rings. The van der Waals surface area contributed by atoms with E-state index in [1.807, 2.05) is 6.07 Å². The fourth-order valence-electron chi connectivity index (χ4n) is 2.12. The minimum Gasteiger partial charge on any atom is -0.352 e. The number of carbonyl (C=O) groups excluding carboxylic acids is 2. The first-order chi connectivity index (χ1) is 11.1. The Morgan fingerprint density at radius 3 is 2.57 bits per heavy atom. The molecule has 0 aliphatic carbocycles. The van der Waals surface area contributed by atoms with Gasteiger partial charge in [0.05, 0.1) is 24.7 Å². The van der Waals surface area contributed by atoms with Crippen LogP contribution in [0.25, 0.3) is 0 Å². The topological polar surface area (TPSA) is 97.1 Å². The second-order valence-electron chi connectivity index (χ2n) is 4.88. The van der Waals surface area contributed by atoms with Crippen molar-refractivity contribution in [3.05, 3.63) is 65.7 Å². The molecule has 0 saturated carbocycles. The number of hydrogen-bond acceptors (Lipinski definition) is 3. The molecule has 6 nitrogen and oxygen atoms in total. The number of aromatic nitrogens is 1. The van der Waals surface area contributed by atoms with Gasteiger partial charge in [0.2, 0.25) is 5.91 Å². The number of amides is 3. The molecule has 120 valence electrons. The van der Waals surface area contributed by atoms with Crippen molar-refractivity contribution in [1.29, 1.82) is 0 Å². The third kappa shape index (κ3) is 5.06. The number of nitrogens with zero attached hydrogens (tertiary/aromatic N) is 1. The molecule has 7 heteroatoms. The molecular weight excluding hydrogens is 299 g/mol. The Morgan fingerprint density at radius 2 is 1.91 bits per heavy atom. The zero-order chi connectivity index (χ0) is 16.7. The SMILES string of the molecule is NC(=O)N[C@H](CC(=O)NCc1ccccn1)c1ccccc1F. The average molecular weight is 316 g/mol. The zero-order valence-corrected chi connectivity index (χ0v) is 12.3. The molecule has 0 aliphatic rings. The number of nitrogens with two attached hydrogens (primary N) is 1. The number of benzene rings is 1. The number of urea groups is 1. The van der Waals surface area contributed by atoms with E-state index in [0.717, 1.165) is 0 Å². The average Bonchev–Trinajstić information content (AvgIpc) is 2.53. The van der Waals surface area contributed by atoms with Crippen molar-refractivity contribution in [2.45, 2.75) is 19.0 Å². The van der Waals surface area contributed by atoms with Crippen LogP contribution in [0.3, 0.4) is 0 Å². The molecule has 1 atom stereocenters. The van der Waals surface area contributed by atoms with Crippen LogP contribution in [0.1, 0.15) is 23.7 Å². The summed E-state index contributed by atoms with van der Waals surface area (Å²) >= 11 is 0. The van der Waals surface area contributed by atoms with Crippen LogP contribution in [0.4, 0.5) is 9.18 Å². The molecule has 3 amide bonds. The minimum atomic E-state index is -0.836. The summed E-state index contributed by atoms with van der Waals surface area (Å²) in [5.41, 5.74) is 6.02. The zero-order valence-electron chi connectivity index (χ0n) is 12.3. The van der Waals surface area contributed by atoms with E-state index in [1.54, 1.807) is 24.4 Å². The summed E-state index contributed by atoms with van der Waals surface area (Å²) in [7, 11) is 0. The highest BCUT2D eigenvalue weighted by atomic mass is 19.1. The number of carbonyl (C=O) groups is 2. The molecule has 1 aromatic carbocycles. The van der Waals surface area contributed by atoms with E-state index in [4.69, 9.17) is 5.73 Å². The summed E-state index contributed by atoms with van der Waals surface area (Å²) in [5.74, 6) is -0.860. The number of nitrogens with one attached hydrogen (secondary N) is 2. The van der Waals surface area contributed by atoms with Crippen LogP contribution in [-0.2, 0) is 11.3 Å². The van der Waals surface area contributed by atoms with Crippen molar-refractivity contribution in [2.24, 2.45) is 5.73 Å². The molecule has 0 saturated heterocycles. The Bertz CT molecular complexity index is 679. The predicted molar refractivity (Wildman–Crippen MR) is 82.6 cm³/mol. The van der Waals surface area contributed by atoms with Crippen LogP contribution in [0.2, 0.25) is 0 Å². The maximum Gasteiger partial charge on any atom is 0.312 e. The van der Waals surface area contributed by atoms with Gasteiger partial charge in [-0.2, -0.15) is 0 Å². The highest BCUT2D eigenvalue weighted by Gasteiger charge is 2.20. The molecule has 4 N–H and O–H groups in total. The Hall–Kier alpha value is -2.96. The monoisotopic (exact) mass is 316 g/mol. The second-order valence-corrected chi connectivity index (χ2v) is 4.88. The summed E-state index contributed by atoms with van der Waals surface area (Å²) in [6.45, 7) is 0.250. The van der Waals surface area contributed by atoms with Crippen molar-refractivity contribution in [1.82, 2.24) is 15.6 Å². The van der Waals surface area contributed by atoms with Gasteiger partial charge in [0.25, 0.3) is 0 Å². The fourth-order valence-corrected chi connectivity index (χ4v) is 2.12. The highest BCUT2D eigenvalue weighted by molar-refractivity contribution is 5.78. The van der Waals surface area contributed by atoms with Crippen LogP contribution < -0.4 is 16.4 Å². The van der Waals surface area contributed by atoms with Crippen molar-refractivity contribution >= 4 is 11.9 Å². The van der Waals surface area contributed by atoms with Crippen molar-refractivity contribution in [3.63, 3.8) is 0 Å². The number of hydrogen-bond donors (Lipinski definition) is 3. The van der Waals surface area contributed by atoms with Crippen LogP contribution in [-0.4, -0.2) is 16.9 Å². The van der Waals surface area contributed by atoms with Crippen LogP contribution in [0.15, 0.2) is 48.7 Å². The smallest absolute Gasteiger partial charge is 0.312 e. The van der Waals surface area contributed by atoms with Gasteiger partial charge in [0.15, 0.2) is 0 Å². The first-order valence-electron chi connectivity index (χ1n) is 7.03. The normalized spacial score (nSPS) is 11.5. The van der Waals surface area contributed by atoms with E-state index in [0.29, 0.717) is 5.69 Å². The van der Waals surface area contributed by atoms with Gasteiger partial charge in [-0.05, 0) is 18.2 Å². The quantitative estimate of drug-likeness (QED) is 0.755. The van der Waals surface area contributed by atoms with Gasteiger partial charge in [-0.3, -0.25) is 9.78 Å². The Balaban J connectivity index is 2.01. The predicted octanol–water partition coefficient (Wildman–Crippen LogP) is 1.64. The van der Waals surface area contributed by atoms with E-state index in [1.165, 1.54) is 18.2 Å². The summed E-state index contributed by atoms with van der Waals surface area (Å²) in [6, 6.07) is 9.62. The van der Waals surface area contributed by atoms with Crippen LogP contribution >= 0.6 is 0 Å². The maximum atomic E-state index is 13.9. The Morgan fingerprint density at radius 1 is 1.17 bits per heavy atom. The van der Waals surface area contributed by atoms with Crippen LogP contribution in [0, 0.1) is 5.82 Å². The molecule has 0 spiro atoms. The lowest BCUT2D eigenvalue weighted by Crippen LogP contribution is -2.37.